The van der Waals surface area contributed by atoms with Crippen LogP contribution in [0, 0.1) is 5.82 Å². The molecule has 0 spiro atoms. The Morgan fingerprint density at radius 3 is 2.68 bits per heavy atom. The minimum absolute atomic E-state index is 0.0516. The van der Waals surface area contributed by atoms with Crippen LogP contribution in [0.25, 0.3) is 11.0 Å². The molecule has 1 atom stereocenters. The molecule has 0 saturated carbocycles. The van der Waals surface area contributed by atoms with Crippen LogP contribution in [-0.2, 0) is 6.42 Å². The van der Waals surface area contributed by atoms with Crippen molar-refractivity contribution in [2.45, 2.75) is 25.8 Å². The Hall–Kier alpha value is -2.91. The first-order valence-electron chi connectivity index (χ1n) is 9.65. The third kappa shape index (κ3) is 3.28. The fourth-order valence-corrected chi connectivity index (χ4v) is 4.99. The zero-order chi connectivity index (χ0) is 21.7. The second kappa shape index (κ2) is 7.65. The summed E-state index contributed by atoms with van der Waals surface area (Å²) in [6.45, 7) is 2.04. The topological polar surface area (TPSA) is 76.3 Å². The first kappa shape index (κ1) is 20.0. The maximum absolute atomic E-state index is 13.8. The summed E-state index contributed by atoms with van der Waals surface area (Å²) < 4.78 is 20.5. The summed E-state index contributed by atoms with van der Waals surface area (Å²) in [5.41, 5.74) is 0.625. The van der Waals surface area contributed by atoms with E-state index in [0.29, 0.717) is 10.7 Å². The Balaban J connectivity index is 1.77. The molecule has 0 fully saturated rings. The molecule has 1 unspecified atom stereocenters. The predicted octanol–water partition coefficient (Wildman–Crippen LogP) is 5.25. The van der Waals surface area contributed by atoms with Gasteiger partial charge < -0.3 is 4.42 Å². The van der Waals surface area contributed by atoms with Gasteiger partial charge in [0.2, 0.25) is 10.9 Å². The molecular weight excluding hydrogens is 485 g/mol. The van der Waals surface area contributed by atoms with Gasteiger partial charge in [0, 0.05) is 10.9 Å². The molecule has 0 radical (unpaired) electrons. The number of amides is 1. The second-order valence-corrected chi connectivity index (χ2v) is 9.13. The Kier molecular flexibility index (Phi) is 4.94. The number of rotatable bonds is 4. The number of carbonyl (C=O) groups is 1. The van der Waals surface area contributed by atoms with Crippen LogP contribution < -0.4 is 10.3 Å². The third-order valence-corrected chi connectivity index (χ3v) is 6.66. The third-order valence-electron chi connectivity index (χ3n) is 5.14. The number of aryl methyl sites for hydroxylation is 1. The SMILES string of the molecule is CCCc1nnc(N2C(=O)c3oc4ccc(F)cc4c(=O)c3C2c2ccc(Br)cc2)s1. The fraction of sp³-hybridized carbons (Fsp3) is 0.182. The molecule has 1 aliphatic heterocycles. The Morgan fingerprint density at radius 2 is 1.94 bits per heavy atom. The molecule has 0 bridgehead atoms. The molecule has 3 heterocycles. The van der Waals surface area contributed by atoms with E-state index in [-0.39, 0.29) is 22.3 Å². The number of aromatic nitrogens is 2. The molecule has 2 aromatic heterocycles. The van der Waals surface area contributed by atoms with E-state index in [1.165, 1.54) is 28.4 Å². The molecule has 2 aromatic carbocycles. The molecule has 1 aliphatic rings. The molecule has 6 nitrogen and oxygen atoms in total. The van der Waals surface area contributed by atoms with Crippen molar-refractivity contribution >= 4 is 49.3 Å². The van der Waals surface area contributed by atoms with Crippen molar-refractivity contribution < 1.29 is 13.6 Å². The summed E-state index contributed by atoms with van der Waals surface area (Å²) in [5.74, 6) is -1.07. The lowest BCUT2D eigenvalue weighted by Crippen LogP contribution is -2.29. The minimum atomic E-state index is -0.748. The summed E-state index contributed by atoms with van der Waals surface area (Å²) in [6.07, 6.45) is 1.64. The van der Waals surface area contributed by atoms with Crippen molar-refractivity contribution in [3.05, 3.63) is 84.9 Å². The molecular formula is C22H15BrFN3O3S. The summed E-state index contributed by atoms with van der Waals surface area (Å²) >= 11 is 4.72. The summed E-state index contributed by atoms with van der Waals surface area (Å²) in [6, 6.07) is 10.3. The van der Waals surface area contributed by atoms with E-state index in [2.05, 4.69) is 26.1 Å². The molecule has 5 rings (SSSR count). The van der Waals surface area contributed by atoms with Gasteiger partial charge in [0.25, 0.3) is 5.91 Å². The molecule has 0 N–H and O–H groups in total. The van der Waals surface area contributed by atoms with E-state index >= 15 is 0 Å². The minimum Gasteiger partial charge on any atom is -0.450 e. The Bertz CT molecular complexity index is 1380. The zero-order valence-corrected chi connectivity index (χ0v) is 18.7. The molecule has 4 aromatic rings. The Morgan fingerprint density at radius 1 is 1.16 bits per heavy atom. The van der Waals surface area contributed by atoms with Crippen LogP contribution in [0.5, 0.6) is 0 Å². The van der Waals surface area contributed by atoms with Crippen molar-refractivity contribution in [3.8, 4) is 0 Å². The van der Waals surface area contributed by atoms with Gasteiger partial charge in [-0.05, 0) is 42.3 Å². The molecule has 1 amide bonds. The molecule has 156 valence electrons. The first-order chi connectivity index (χ1) is 15.0. The lowest BCUT2D eigenvalue weighted by molar-refractivity contribution is 0.0970. The average molecular weight is 500 g/mol. The number of halogens is 2. The Labute approximate surface area is 188 Å². The van der Waals surface area contributed by atoms with Crippen molar-refractivity contribution in [3.63, 3.8) is 0 Å². The smallest absolute Gasteiger partial charge is 0.297 e. The van der Waals surface area contributed by atoms with Crippen molar-refractivity contribution in [1.82, 2.24) is 10.2 Å². The molecule has 0 aliphatic carbocycles. The summed E-state index contributed by atoms with van der Waals surface area (Å²) in [7, 11) is 0. The van der Waals surface area contributed by atoms with Crippen molar-refractivity contribution in [2.75, 3.05) is 4.90 Å². The van der Waals surface area contributed by atoms with E-state index in [9.17, 15) is 14.0 Å². The maximum atomic E-state index is 13.8. The van der Waals surface area contributed by atoms with Gasteiger partial charge in [-0.1, -0.05) is 46.3 Å². The van der Waals surface area contributed by atoms with Gasteiger partial charge >= 0.3 is 0 Å². The quantitative estimate of drug-likeness (QED) is 0.383. The molecule has 31 heavy (non-hydrogen) atoms. The number of hydrogen-bond donors (Lipinski definition) is 0. The number of fused-ring (bicyclic) bond motifs is 2. The standard InChI is InChI=1S/C22H15BrFN3O3S/c1-2-3-16-25-26-22(31-16)27-18(11-4-6-12(23)7-5-11)17-19(28)14-10-13(24)8-9-15(14)30-20(17)21(27)29/h4-10,18H,2-3H2,1H3. The van der Waals surface area contributed by atoms with Crippen molar-refractivity contribution in [1.29, 1.82) is 0 Å². The van der Waals surface area contributed by atoms with Gasteiger partial charge in [0.15, 0.2) is 5.43 Å². The van der Waals surface area contributed by atoms with E-state index in [1.54, 1.807) is 0 Å². The highest BCUT2D eigenvalue weighted by Crippen LogP contribution is 2.42. The predicted molar refractivity (Wildman–Crippen MR) is 119 cm³/mol. The highest BCUT2D eigenvalue weighted by molar-refractivity contribution is 9.10. The van der Waals surface area contributed by atoms with Gasteiger partial charge in [0.1, 0.15) is 16.4 Å². The van der Waals surface area contributed by atoms with Crippen LogP contribution in [0.1, 0.15) is 46.1 Å². The number of anilines is 1. The second-order valence-electron chi connectivity index (χ2n) is 7.17. The van der Waals surface area contributed by atoms with Crippen LogP contribution in [0.3, 0.4) is 0 Å². The van der Waals surface area contributed by atoms with E-state index in [4.69, 9.17) is 4.42 Å². The molecule has 0 saturated heterocycles. The van der Waals surface area contributed by atoms with Crippen LogP contribution >= 0.6 is 27.3 Å². The summed E-state index contributed by atoms with van der Waals surface area (Å²) in [5, 5.41) is 9.70. The van der Waals surface area contributed by atoms with Gasteiger partial charge in [-0.3, -0.25) is 14.5 Å². The van der Waals surface area contributed by atoms with Gasteiger partial charge in [-0.25, -0.2) is 4.39 Å². The van der Waals surface area contributed by atoms with E-state index in [1.807, 2.05) is 31.2 Å². The molecule has 9 heteroatoms. The van der Waals surface area contributed by atoms with E-state index < -0.39 is 23.2 Å². The van der Waals surface area contributed by atoms with Crippen LogP contribution in [-0.4, -0.2) is 16.1 Å². The fourth-order valence-electron chi connectivity index (χ4n) is 3.76. The number of carbonyl (C=O) groups excluding carboxylic acids is 1. The largest absolute Gasteiger partial charge is 0.450 e. The van der Waals surface area contributed by atoms with Gasteiger partial charge in [-0.2, -0.15) is 0 Å². The maximum Gasteiger partial charge on any atom is 0.297 e. The zero-order valence-electron chi connectivity index (χ0n) is 16.3. The highest BCUT2D eigenvalue weighted by Gasteiger charge is 2.45. The average Bonchev–Trinajstić information content (AvgIpc) is 3.32. The normalized spacial score (nSPS) is 15.6. The van der Waals surface area contributed by atoms with Crippen LogP contribution in [0.4, 0.5) is 9.52 Å². The summed E-state index contributed by atoms with van der Waals surface area (Å²) in [4.78, 5) is 28.3. The van der Waals surface area contributed by atoms with Crippen LogP contribution in [0.2, 0.25) is 0 Å². The first-order valence-corrected chi connectivity index (χ1v) is 11.3. The van der Waals surface area contributed by atoms with Gasteiger partial charge in [-0.15, -0.1) is 10.2 Å². The number of benzene rings is 2. The van der Waals surface area contributed by atoms with Crippen LogP contribution in [0.15, 0.2) is 56.1 Å². The van der Waals surface area contributed by atoms with Crippen molar-refractivity contribution in [2.24, 2.45) is 0 Å². The highest BCUT2D eigenvalue weighted by atomic mass is 79.9. The monoisotopic (exact) mass is 499 g/mol. The lowest BCUT2D eigenvalue weighted by atomic mass is 9.99. The lowest BCUT2D eigenvalue weighted by Gasteiger charge is -2.22. The number of hydrogen-bond acceptors (Lipinski definition) is 6. The number of nitrogens with zero attached hydrogens (tertiary/aromatic N) is 3. The van der Waals surface area contributed by atoms with E-state index in [0.717, 1.165) is 28.4 Å². The van der Waals surface area contributed by atoms with Gasteiger partial charge in [0.05, 0.1) is 17.0 Å².